The topological polar surface area (TPSA) is 68.6 Å². The minimum absolute atomic E-state index is 0.378. The molecule has 1 aromatic heterocycles. The van der Waals surface area contributed by atoms with Crippen molar-refractivity contribution in [1.29, 1.82) is 0 Å². The molecule has 0 spiro atoms. The molecule has 0 bridgehead atoms. The molecule has 4 heteroatoms. The molecule has 18 heavy (non-hydrogen) atoms. The van der Waals surface area contributed by atoms with E-state index in [2.05, 4.69) is 0 Å². The number of furan rings is 1. The zero-order valence-corrected chi connectivity index (χ0v) is 10.1. The van der Waals surface area contributed by atoms with Crippen LogP contribution in [0.1, 0.15) is 23.8 Å². The third kappa shape index (κ3) is 3.35. The van der Waals surface area contributed by atoms with Gasteiger partial charge in [0.2, 0.25) is 0 Å². The molecule has 0 aliphatic rings. The van der Waals surface area contributed by atoms with Crippen LogP contribution in [0.25, 0.3) is 0 Å². The van der Waals surface area contributed by atoms with Gasteiger partial charge in [-0.2, -0.15) is 0 Å². The molecule has 1 heterocycles. The third-order valence-electron chi connectivity index (χ3n) is 2.64. The molecule has 0 saturated heterocycles. The fraction of sp³-hybridized carbons (Fsp3) is 0.286. The third-order valence-corrected chi connectivity index (χ3v) is 2.64. The van der Waals surface area contributed by atoms with Crippen molar-refractivity contribution in [3.63, 3.8) is 0 Å². The first kappa shape index (κ1) is 12.7. The molecular formula is C14H17NO3. The molecule has 2 aromatic rings. The van der Waals surface area contributed by atoms with E-state index >= 15 is 0 Å². The smallest absolute Gasteiger partial charge is 0.146 e. The maximum absolute atomic E-state index is 9.84. The highest BCUT2D eigenvalue weighted by Crippen LogP contribution is 2.21. The number of benzene rings is 1. The van der Waals surface area contributed by atoms with E-state index in [9.17, 15) is 5.11 Å². The molecule has 1 aromatic carbocycles. The van der Waals surface area contributed by atoms with Gasteiger partial charge in [0.05, 0.1) is 12.4 Å². The summed E-state index contributed by atoms with van der Waals surface area (Å²) in [6.45, 7) is 0.835. The largest absolute Gasteiger partial charge is 0.486 e. The van der Waals surface area contributed by atoms with E-state index in [1.807, 2.05) is 36.4 Å². The summed E-state index contributed by atoms with van der Waals surface area (Å²) in [4.78, 5) is 0. The van der Waals surface area contributed by atoms with Crippen LogP contribution in [-0.2, 0) is 6.61 Å². The standard InChI is InChI=1S/C14H17NO3/c15-7-6-14(16)11-3-1-4-12(9-11)18-10-13-5-2-8-17-13/h1-5,8-9,14,16H,6-7,10,15H2. The van der Waals surface area contributed by atoms with E-state index in [1.165, 1.54) is 0 Å². The molecular weight excluding hydrogens is 230 g/mol. The highest BCUT2D eigenvalue weighted by atomic mass is 16.5. The number of nitrogens with two attached hydrogens (primary N) is 1. The normalized spacial score (nSPS) is 12.3. The fourth-order valence-corrected chi connectivity index (χ4v) is 1.69. The SMILES string of the molecule is NCCC(O)c1cccc(OCc2ccco2)c1. The first-order chi connectivity index (χ1) is 8.79. The maximum atomic E-state index is 9.84. The van der Waals surface area contributed by atoms with Crippen LogP contribution in [0.4, 0.5) is 0 Å². The Balaban J connectivity index is 1.98. The first-order valence-electron chi connectivity index (χ1n) is 5.93. The molecule has 0 amide bonds. The van der Waals surface area contributed by atoms with E-state index in [0.29, 0.717) is 25.3 Å². The van der Waals surface area contributed by atoms with Gasteiger partial charge in [-0.3, -0.25) is 0 Å². The van der Waals surface area contributed by atoms with Gasteiger partial charge in [-0.05, 0) is 42.8 Å². The summed E-state index contributed by atoms with van der Waals surface area (Å²) in [5.41, 5.74) is 6.24. The summed E-state index contributed by atoms with van der Waals surface area (Å²) in [5.74, 6) is 1.47. The average Bonchev–Trinajstić information content (AvgIpc) is 2.90. The maximum Gasteiger partial charge on any atom is 0.146 e. The Bertz CT molecular complexity index is 468. The summed E-state index contributed by atoms with van der Waals surface area (Å²) in [5, 5.41) is 9.84. The summed E-state index contributed by atoms with van der Waals surface area (Å²) in [7, 11) is 0. The van der Waals surface area contributed by atoms with Gasteiger partial charge in [-0.1, -0.05) is 12.1 Å². The Morgan fingerprint density at radius 3 is 2.89 bits per heavy atom. The van der Waals surface area contributed by atoms with Crippen molar-refractivity contribution in [3.05, 3.63) is 54.0 Å². The monoisotopic (exact) mass is 247 g/mol. The van der Waals surface area contributed by atoms with Crippen LogP contribution in [0.3, 0.4) is 0 Å². The molecule has 4 nitrogen and oxygen atoms in total. The van der Waals surface area contributed by atoms with Crippen LogP contribution < -0.4 is 10.5 Å². The van der Waals surface area contributed by atoms with Crippen molar-refractivity contribution >= 4 is 0 Å². The van der Waals surface area contributed by atoms with Crippen molar-refractivity contribution in [3.8, 4) is 5.75 Å². The van der Waals surface area contributed by atoms with Gasteiger partial charge in [0.25, 0.3) is 0 Å². The lowest BCUT2D eigenvalue weighted by Crippen LogP contribution is -2.06. The lowest BCUT2D eigenvalue weighted by molar-refractivity contribution is 0.169. The Kier molecular flexibility index (Phi) is 4.39. The molecule has 2 rings (SSSR count). The van der Waals surface area contributed by atoms with E-state index < -0.39 is 6.10 Å². The van der Waals surface area contributed by atoms with Gasteiger partial charge < -0.3 is 20.0 Å². The van der Waals surface area contributed by atoms with Gasteiger partial charge in [-0.15, -0.1) is 0 Å². The quantitative estimate of drug-likeness (QED) is 0.821. The van der Waals surface area contributed by atoms with Gasteiger partial charge in [0, 0.05) is 0 Å². The predicted octanol–water partition coefficient (Wildman–Crippen LogP) is 2.24. The Morgan fingerprint density at radius 2 is 2.17 bits per heavy atom. The molecule has 0 aliphatic heterocycles. The van der Waals surface area contributed by atoms with Crippen LogP contribution in [0.15, 0.2) is 47.1 Å². The zero-order valence-electron chi connectivity index (χ0n) is 10.1. The Labute approximate surface area is 106 Å². The molecule has 3 N–H and O–H groups in total. The number of hydrogen-bond acceptors (Lipinski definition) is 4. The van der Waals surface area contributed by atoms with E-state index in [1.54, 1.807) is 6.26 Å². The number of rotatable bonds is 6. The van der Waals surface area contributed by atoms with Crippen LogP contribution >= 0.6 is 0 Å². The number of ether oxygens (including phenoxy) is 1. The molecule has 0 fully saturated rings. The van der Waals surface area contributed by atoms with Crippen LogP contribution in [0.2, 0.25) is 0 Å². The molecule has 96 valence electrons. The van der Waals surface area contributed by atoms with Crippen molar-refractivity contribution in [2.75, 3.05) is 6.54 Å². The molecule has 1 unspecified atom stereocenters. The highest BCUT2D eigenvalue weighted by molar-refractivity contribution is 5.30. The summed E-state index contributed by atoms with van der Waals surface area (Å²) >= 11 is 0. The lowest BCUT2D eigenvalue weighted by atomic mass is 10.1. The highest BCUT2D eigenvalue weighted by Gasteiger charge is 2.07. The minimum atomic E-state index is -0.540. The zero-order chi connectivity index (χ0) is 12.8. The summed E-state index contributed by atoms with van der Waals surface area (Å²) in [6, 6.07) is 11.1. The molecule has 0 radical (unpaired) electrons. The summed E-state index contributed by atoms with van der Waals surface area (Å²) in [6.07, 6.45) is 1.61. The van der Waals surface area contributed by atoms with Gasteiger partial charge >= 0.3 is 0 Å². The van der Waals surface area contributed by atoms with Crippen LogP contribution in [0, 0.1) is 0 Å². The van der Waals surface area contributed by atoms with Gasteiger partial charge in [0.15, 0.2) is 0 Å². The second-order valence-corrected chi connectivity index (χ2v) is 4.03. The average molecular weight is 247 g/mol. The lowest BCUT2D eigenvalue weighted by Gasteiger charge is -2.11. The van der Waals surface area contributed by atoms with Crippen LogP contribution in [0.5, 0.6) is 5.75 Å². The van der Waals surface area contributed by atoms with Crippen molar-refractivity contribution in [2.45, 2.75) is 19.1 Å². The van der Waals surface area contributed by atoms with E-state index in [-0.39, 0.29) is 0 Å². The number of aliphatic hydroxyl groups is 1. The van der Waals surface area contributed by atoms with Gasteiger partial charge in [0.1, 0.15) is 18.1 Å². The fourth-order valence-electron chi connectivity index (χ4n) is 1.69. The Morgan fingerprint density at radius 1 is 1.28 bits per heavy atom. The molecule has 0 saturated carbocycles. The second kappa shape index (κ2) is 6.23. The van der Waals surface area contributed by atoms with Crippen LogP contribution in [-0.4, -0.2) is 11.7 Å². The second-order valence-electron chi connectivity index (χ2n) is 4.03. The van der Waals surface area contributed by atoms with Crippen molar-refractivity contribution in [2.24, 2.45) is 5.73 Å². The van der Waals surface area contributed by atoms with Crippen molar-refractivity contribution < 1.29 is 14.3 Å². The summed E-state index contributed by atoms with van der Waals surface area (Å²) < 4.78 is 10.8. The predicted molar refractivity (Wildman–Crippen MR) is 68.1 cm³/mol. The van der Waals surface area contributed by atoms with Crippen molar-refractivity contribution in [1.82, 2.24) is 0 Å². The van der Waals surface area contributed by atoms with Gasteiger partial charge in [-0.25, -0.2) is 0 Å². The van der Waals surface area contributed by atoms with E-state index in [0.717, 1.165) is 11.3 Å². The Hall–Kier alpha value is -1.78. The first-order valence-corrected chi connectivity index (χ1v) is 5.93. The van der Waals surface area contributed by atoms with E-state index in [4.69, 9.17) is 14.9 Å². The number of aliphatic hydroxyl groups excluding tert-OH is 1. The molecule has 1 atom stereocenters. The molecule has 0 aliphatic carbocycles. The minimum Gasteiger partial charge on any atom is -0.486 e. The number of hydrogen-bond donors (Lipinski definition) is 2.